The number of benzene rings is 2. The lowest BCUT2D eigenvalue weighted by atomic mass is 10.2. The molecule has 0 aliphatic heterocycles. The van der Waals surface area contributed by atoms with E-state index in [-0.39, 0.29) is 5.75 Å². The van der Waals surface area contributed by atoms with E-state index in [0.717, 1.165) is 0 Å². The Balaban J connectivity index is 2.09. The lowest BCUT2D eigenvalue weighted by Gasteiger charge is -2.11. The molecule has 0 atom stereocenters. The number of aryl methyl sites for hydroxylation is 1. The lowest BCUT2D eigenvalue weighted by Crippen LogP contribution is -2.29. The van der Waals surface area contributed by atoms with Crippen LogP contribution in [0, 0.1) is 13.8 Å². The molecule has 114 valence electrons. The van der Waals surface area contributed by atoms with Gasteiger partial charge in [-0.3, -0.25) is 9.59 Å². The summed E-state index contributed by atoms with van der Waals surface area (Å²) in [4.78, 5) is 23.9. The van der Waals surface area contributed by atoms with Gasteiger partial charge in [-0.25, -0.2) is 0 Å². The van der Waals surface area contributed by atoms with Crippen molar-refractivity contribution in [3.05, 3.63) is 52.5 Å². The summed E-state index contributed by atoms with van der Waals surface area (Å²) in [5, 5.41) is 14.8. The summed E-state index contributed by atoms with van der Waals surface area (Å²) in [5.41, 5.74) is 2.28. The smallest absolute Gasteiger partial charge is 0.314 e. The van der Waals surface area contributed by atoms with Crippen LogP contribution >= 0.6 is 11.6 Å². The zero-order valence-corrected chi connectivity index (χ0v) is 12.9. The molecule has 5 nitrogen and oxygen atoms in total. The Morgan fingerprint density at radius 1 is 1.00 bits per heavy atom. The Morgan fingerprint density at radius 2 is 1.64 bits per heavy atom. The molecule has 0 unspecified atom stereocenters. The van der Waals surface area contributed by atoms with Crippen molar-refractivity contribution in [1.82, 2.24) is 0 Å². The number of halogens is 1. The zero-order valence-electron chi connectivity index (χ0n) is 12.1. The Hall–Kier alpha value is -2.53. The molecular weight excluding hydrogens is 304 g/mol. The Labute approximate surface area is 132 Å². The Morgan fingerprint density at radius 3 is 2.27 bits per heavy atom. The fourth-order valence-corrected chi connectivity index (χ4v) is 2.06. The molecule has 0 aliphatic carbocycles. The predicted octanol–water partition coefficient (Wildman–Crippen LogP) is 3.24. The number of aromatic hydroxyl groups is 1. The first-order valence-electron chi connectivity index (χ1n) is 6.55. The molecule has 0 aromatic heterocycles. The first kappa shape index (κ1) is 15.9. The first-order chi connectivity index (χ1) is 10.4. The number of phenols is 1. The highest BCUT2D eigenvalue weighted by molar-refractivity contribution is 6.44. The van der Waals surface area contributed by atoms with Crippen molar-refractivity contribution in [3.63, 3.8) is 0 Å². The van der Waals surface area contributed by atoms with E-state index >= 15 is 0 Å². The molecule has 6 heteroatoms. The predicted molar refractivity (Wildman–Crippen MR) is 86.3 cm³/mol. The third kappa shape index (κ3) is 3.56. The topological polar surface area (TPSA) is 78.4 Å². The molecule has 0 saturated heterocycles. The number of nitrogens with one attached hydrogen (secondary N) is 2. The van der Waals surface area contributed by atoms with Gasteiger partial charge in [-0.05, 0) is 55.3 Å². The molecule has 0 bridgehead atoms. The van der Waals surface area contributed by atoms with Crippen molar-refractivity contribution < 1.29 is 14.7 Å². The molecule has 0 saturated carbocycles. The Kier molecular flexibility index (Phi) is 4.68. The average molecular weight is 319 g/mol. The van der Waals surface area contributed by atoms with Crippen LogP contribution in [0.4, 0.5) is 11.4 Å². The number of anilines is 2. The second kappa shape index (κ2) is 6.49. The van der Waals surface area contributed by atoms with Gasteiger partial charge >= 0.3 is 11.8 Å². The third-order valence-corrected chi connectivity index (χ3v) is 3.59. The number of hydrogen-bond acceptors (Lipinski definition) is 3. The van der Waals surface area contributed by atoms with Gasteiger partial charge in [0, 0.05) is 16.4 Å². The van der Waals surface area contributed by atoms with Crippen molar-refractivity contribution in [2.45, 2.75) is 13.8 Å². The van der Waals surface area contributed by atoms with Gasteiger partial charge in [0.25, 0.3) is 0 Å². The van der Waals surface area contributed by atoms with Gasteiger partial charge < -0.3 is 15.7 Å². The van der Waals surface area contributed by atoms with E-state index in [9.17, 15) is 14.7 Å². The molecular formula is C16H15ClN2O3. The van der Waals surface area contributed by atoms with E-state index in [0.29, 0.717) is 27.5 Å². The molecule has 0 aliphatic rings. The average Bonchev–Trinajstić information content (AvgIpc) is 2.46. The van der Waals surface area contributed by atoms with Crippen molar-refractivity contribution >= 4 is 34.8 Å². The monoisotopic (exact) mass is 318 g/mol. The van der Waals surface area contributed by atoms with Gasteiger partial charge in [0.2, 0.25) is 0 Å². The van der Waals surface area contributed by atoms with Crippen LogP contribution in [0.25, 0.3) is 0 Å². The summed E-state index contributed by atoms with van der Waals surface area (Å²) in [5.74, 6) is -1.50. The highest BCUT2D eigenvalue weighted by Gasteiger charge is 2.16. The molecule has 2 amide bonds. The Bertz CT molecular complexity index is 744. The minimum absolute atomic E-state index is 0.0921. The SMILES string of the molecule is Cc1cc(O)ccc1NC(=O)C(=O)Nc1cccc(Cl)c1C. The summed E-state index contributed by atoms with van der Waals surface area (Å²) >= 11 is 5.97. The number of amides is 2. The fourth-order valence-electron chi connectivity index (χ4n) is 1.89. The molecule has 2 rings (SSSR count). The van der Waals surface area contributed by atoms with Crippen LogP contribution in [0.2, 0.25) is 5.02 Å². The van der Waals surface area contributed by atoms with Crippen LogP contribution in [0.1, 0.15) is 11.1 Å². The molecule has 0 radical (unpaired) electrons. The maximum absolute atomic E-state index is 11.9. The fraction of sp³-hybridized carbons (Fsp3) is 0.125. The van der Waals surface area contributed by atoms with Crippen molar-refractivity contribution in [2.75, 3.05) is 10.6 Å². The second-order valence-electron chi connectivity index (χ2n) is 4.82. The molecule has 3 N–H and O–H groups in total. The summed E-state index contributed by atoms with van der Waals surface area (Å²) in [6, 6.07) is 9.51. The summed E-state index contributed by atoms with van der Waals surface area (Å²) in [7, 11) is 0. The maximum Gasteiger partial charge on any atom is 0.314 e. The van der Waals surface area contributed by atoms with Crippen molar-refractivity contribution in [1.29, 1.82) is 0 Å². The number of phenolic OH excluding ortho intramolecular Hbond substituents is 1. The van der Waals surface area contributed by atoms with E-state index < -0.39 is 11.8 Å². The molecule has 22 heavy (non-hydrogen) atoms. The second-order valence-corrected chi connectivity index (χ2v) is 5.23. The highest BCUT2D eigenvalue weighted by Crippen LogP contribution is 2.23. The summed E-state index contributed by atoms with van der Waals surface area (Å²) < 4.78 is 0. The van der Waals surface area contributed by atoms with E-state index in [4.69, 9.17) is 11.6 Å². The van der Waals surface area contributed by atoms with Gasteiger partial charge in [-0.2, -0.15) is 0 Å². The van der Waals surface area contributed by atoms with Crippen LogP contribution in [-0.2, 0) is 9.59 Å². The minimum Gasteiger partial charge on any atom is -0.508 e. The van der Waals surface area contributed by atoms with Crippen LogP contribution in [0.3, 0.4) is 0 Å². The zero-order chi connectivity index (χ0) is 16.3. The van der Waals surface area contributed by atoms with Gasteiger partial charge in [-0.1, -0.05) is 17.7 Å². The van der Waals surface area contributed by atoms with Gasteiger partial charge in [-0.15, -0.1) is 0 Å². The van der Waals surface area contributed by atoms with Crippen LogP contribution < -0.4 is 10.6 Å². The lowest BCUT2D eigenvalue weighted by molar-refractivity contribution is -0.133. The van der Waals surface area contributed by atoms with E-state index in [1.807, 2.05) is 0 Å². The minimum atomic E-state index is -0.798. The van der Waals surface area contributed by atoms with Gasteiger partial charge in [0.05, 0.1) is 0 Å². The van der Waals surface area contributed by atoms with Gasteiger partial charge in [0.15, 0.2) is 0 Å². The standard InChI is InChI=1S/C16H15ClN2O3/c1-9-8-11(20)6-7-13(9)18-15(21)16(22)19-14-5-3-4-12(17)10(14)2/h3-8,20H,1-2H3,(H,18,21)(H,19,22). The third-order valence-electron chi connectivity index (χ3n) is 3.18. The van der Waals surface area contributed by atoms with E-state index in [1.165, 1.54) is 18.2 Å². The van der Waals surface area contributed by atoms with Crippen molar-refractivity contribution in [2.24, 2.45) is 0 Å². The summed E-state index contributed by atoms with van der Waals surface area (Å²) in [6.07, 6.45) is 0. The normalized spacial score (nSPS) is 10.1. The van der Waals surface area contributed by atoms with E-state index in [1.54, 1.807) is 32.0 Å². The van der Waals surface area contributed by atoms with E-state index in [2.05, 4.69) is 10.6 Å². The van der Waals surface area contributed by atoms with Crippen LogP contribution in [-0.4, -0.2) is 16.9 Å². The number of carbonyl (C=O) groups excluding carboxylic acids is 2. The van der Waals surface area contributed by atoms with Crippen LogP contribution in [0.5, 0.6) is 5.75 Å². The van der Waals surface area contributed by atoms with Crippen molar-refractivity contribution in [3.8, 4) is 5.75 Å². The molecule has 0 fully saturated rings. The van der Waals surface area contributed by atoms with Crippen LogP contribution in [0.15, 0.2) is 36.4 Å². The largest absolute Gasteiger partial charge is 0.508 e. The first-order valence-corrected chi connectivity index (χ1v) is 6.93. The molecule has 0 spiro atoms. The highest BCUT2D eigenvalue weighted by atomic mass is 35.5. The van der Waals surface area contributed by atoms with Gasteiger partial charge in [0.1, 0.15) is 5.75 Å². The number of hydrogen-bond donors (Lipinski definition) is 3. The number of carbonyl (C=O) groups is 2. The molecule has 2 aromatic carbocycles. The molecule has 2 aromatic rings. The number of rotatable bonds is 2. The summed E-state index contributed by atoms with van der Waals surface area (Å²) in [6.45, 7) is 3.47. The maximum atomic E-state index is 11.9. The molecule has 0 heterocycles. The quantitative estimate of drug-likeness (QED) is 0.587.